The highest BCUT2D eigenvalue weighted by molar-refractivity contribution is 5.97. The molecule has 8 rings (SSSR count). The number of nitrogens with one attached hydrogen (secondary N) is 2. The number of ketones is 1. The highest BCUT2D eigenvalue weighted by Crippen LogP contribution is 2.36. The molecule has 312 valence electrons. The molecule has 16 nitrogen and oxygen atoms in total. The van der Waals surface area contributed by atoms with Crippen LogP contribution in [0.5, 0.6) is 0 Å². The van der Waals surface area contributed by atoms with Gasteiger partial charge < -0.3 is 21.5 Å². The molecule has 61 heavy (non-hydrogen) atoms. The van der Waals surface area contributed by atoms with E-state index in [-0.39, 0.29) is 29.4 Å². The van der Waals surface area contributed by atoms with E-state index in [2.05, 4.69) is 40.8 Å². The van der Waals surface area contributed by atoms with Crippen LogP contribution < -0.4 is 16.4 Å². The predicted molar refractivity (Wildman–Crippen MR) is 222 cm³/mol. The minimum atomic E-state index is -1.30. The molecule has 18 heteroatoms. The van der Waals surface area contributed by atoms with Crippen molar-refractivity contribution in [2.75, 3.05) is 10.6 Å². The summed E-state index contributed by atoms with van der Waals surface area (Å²) in [6, 6.07) is 12.8. The first kappa shape index (κ1) is 43.1. The van der Waals surface area contributed by atoms with Crippen LogP contribution >= 0.6 is 0 Å². The summed E-state index contributed by atoms with van der Waals surface area (Å²) in [6.45, 7) is 6.93. The number of nitrogens with two attached hydrogens (primary N) is 1. The number of carbonyl (C=O) groups excluding carboxylic acids is 1. The van der Waals surface area contributed by atoms with Gasteiger partial charge in [0.05, 0.1) is 82.5 Å². The summed E-state index contributed by atoms with van der Waals surface area (Å²) in [7, 11) is 0. The number of hydrogen-bond acceptors (Lipinski definition) is 13. The topological polar surface area (TPSA) is 239 Å². The van der Waals surface area contributed by atoms with Crippen LogP contribution in [0.2, 0.25) is 0 Å². The van der Waals surface area contributed by atoms with Gasteiger partial charge in [-0.25, -0.2) is 33.5 Å². The maximum atomic E-state index is 14.6. The number of aryl methyl sites for hydroxylation is 2. The lowest BCUT2D eigenvalue weighted by Gasteiger charge is -2.10. The van der Waals surface area contributed by atoms with Crippen molar-refractivity contribution in [3.8, 4) is 34.7 Å². The van der Waals surface area contributed by atoms with E-state index in [1.54, 1.807) is 50.8 Å². The van der Waals surface area contributed by atoms with Crippen molar-refractivity contribution in [2.45, 2.75) is 77.9 Å². The van der Waals surface area contributed by atoms with E-state index in [1.165, 1.54) is 30.3 Å². The molecule has 2 aromatic carbocycles. The number of nitriles is 2. The third-order valence-corrected chi connectivity index (χ3v) is 9.43. The summed E-state index contributed by atoms with van der Waals surface area (Å²) >= 11 is 0. The quantitative estimate of drug-likeness (QED) is 0.0855. The molecular formula is C43H43F2N13O3. The van der Waals surface area contributed by atoms with E-state index < -0.39 is 23.5 Å². The Morgan fingerprint density at radius 3 is 1.61 bits per heavy atom. The maximum Gasteiger partial charge on any atom is 0.338 e. The Bertz CT molecular complexity index is 2640. The van der Waals surface area contributed by atoms with Gasteiger partial charge in [-0.1, -0.05) is 12.1 Å². The van der Waals surface area contributed by atoms with Gasteiger partial charge in [-0.15, -0.1) is 0 Å². The standard InChI is InChI=1S/C22H21FN6O.C18H16FN5O2.C3H6N2/c1-13(9-24)7-20(30)18-6-3-15(8-19(18)23)21-14(2)10-25-22(28-21)27-16-11-26-29(12-16)17-4-5-17;1-10-7-20-18(22-12-8-21-24(9-12)13-3-4-13)23-16(10)11-2-5-14(17(25)26)15(19)6-11;1-3(5)2-4/h3,6,8,10-13,17H,4-5,7H2,1-2H3,(H,25,27,28);2,5-9,13H,3-4H2,1H3,(H,25,26)(H,20,22,23);3H,5H2,1H3/t13-;;3-/m1.0/s1. The fourth-order valence-corrected chi connectivity index (χ4v) is 5.89. The maximum absolute atomic E-state index is 14.6. The van der Waals surface area contributed by atoms with E-state index in [0.717, 1.165) is 48.2 Å². The van der Waals surface area contributed by atoms with Crippen LogP contribution in [0.25, 0.3) is 22.5 Å². The van der Waals surface area contributed by atoms with E-state index in [4.69, 9.17) is 21.4 Å². The van der Waals surface area contributed by atoms with Gasteiger partial charge >= 0.3 is 5.97 Å². The molecule has 0 bridgehead atoms. The largest absolute Gasteiger partial charge is 0.478 e. The fourth-order valence-electron chi connectivity index (χ4n) is 5.89. The molecule has 5 N–H and O–H groups in total. The highest BCUT2D eigenvalue weighted by Gasteiger charge is 2.25. The van der Waals surface area contributed by atoms with E-state index >= 15 is 0 Å². The van der Waals surface area contributed by atoms with Gasteiger partial charge in [0.25, 0.3) is 0 Å². The van der Waals surface area contributed by atoms with Crippen molar-refractivity contribution in [2.24, 2.45) is 11.7 Å². The number of anilines is 4. The van der Waals surface area contributed by atoms with Crippen LogP contribution in [0.4, 0.5) is 32.1 Å². The highest BCUT2D eigenvalue weighted by atomic mass is 19.1. The lowest BCUT2D eigenvalue weighted by atomic mass is 9.98. The van der Waals surface area contributed by atoms with Crippen molar-refractivity contribution in [1.82, 2.24) is 39.5 Å². The molecule has 2 saturated carbocycles. The van der Waals surface area contributed by atoms with Gasteiger partial charge in [-0.3, -0.25) is 14.2 Å². The minimum absolute atomic E-state index is 0.0120. The second-order valence-electron chi connectivity index (χ2n) is 14.9. The van der Waals surface area contributed by atoms with Crippen LogP contribution in [0.3, 0.4) is 0 Å². The number of hydrogen-bond donors (Lipinski definition) is 4. The molecular weight excluding hydrogens is 785 g/mol. The smallest absolute Gasteiger partial charge is 0.338 e. The van der Waals surface area contributed by atoms with Crippen LogP contribution in [0.1, 0.15) is 89.9 Å². The van der Waals surface area contributed by atoms with Gasteiger partial charge in [0.15, 0.2) is 5.78 Å². The van der Waals surface area contributed by atoms with Crippen molar-refractivity contribution in [3.63, 3.8) is 0 Å². The molecule has 0 unspecified atom stereocenters. The lowest BCUT2D eigenvalue weighted by Crippen LogP contribution is -2.09. The number of carbonyl (C=O) groups is 2. The third kappa shape index (κ3) is 11.4. The first-order chi connectivity index (χ1) is 29.2. The van der Waals surface area contributed by atoms with Gasteiger partial charge in [-0.2, -0.15) is 20.7 Å². The van der Waals surface area contributed by atoms with Crippen LogP contribution in [0, 0.1) is 54.1 Å². The number of rotatable bonds is 12. The number of Topliss-reactive ketones (excluding diaryl/α,β-unsaturated/α-hetero) is 1. The Morgan fingerprint density at radius 2 is 1.23 bits per heavy atom. The molecule has 4 heterocycles. The van der Waals surface area contributed by atoms with Gasteiger partial charge in [-0.05, 0) is 88.8 Å². The molecule has 2 atom stereocenters. The molecule has 0 aliphatic heterocycles. The van der Waals surface area contributed by atoms with Crippen molar-refractivity contribution in [1.29, 1.82) is 10.5 Å². The normalized spacial score (nSPS) is 13.9. The second-order valence-corrected chi connectivity index (χ2v) is 14.9. The number of aromatic carboxylic acids is 1. The summed E-state index contributed by atoms with van der Waals surface area (Å²) in [5.74, 6) is -2.82. The van der Waals surface area contributed by atoms with E-state index in [0.29, 0.717) is 46.5 Å². The SMILES string of the molecule is C[C@H](N)C#N.Cc1cnc(Nc2cnn(C3CC3)c2)nc1-c1ccc(C(=O)C[C@@H](C)C#N)c(F)c1.Cc1cnc(Nc2cnn(C3CC3)c2)nc1-c1ccc(C(=O)O)c(F)c1. The minimum Gasteiger partial charge on any atom is -0.478 e. The first-order valence-electron chi connectivity index (χ1n) is 19.4. The Balaban J connectivity index is 0.000000185. The van der Waals surface area contributed by atoms with Crippen LogP contribution in [0.15, 0.2) is 73.6 Å². The molecule has 0 radical (unpaired) electrons. The summed E-state index contributed by atoms with van der Waals surface area (Å²) in [4.78, 5) is 40.7. The van der Waals surface area contributed by atoms with Crippen LogP contribution in [-0.2, 0) is 0 Å². The summed E-state index contributed by atoms with van der Waals surface area (Å²) < 4.78 is 32.5. The molecule has 0 saturated heterocycles. The molecule has 2 aliphatic rings. The van der Waals surface area contributed by atoms with Gasteiger partial charge in [0.1, 0.15) is 11.6 Å². The number of aromatic nitrogens is 8. The monoisotopic (exact) mass is 827 g/mol. The van der Waals surface area contributed by atoms with Crippen molar-refractivity contribution < 1.29 is 23.5 Å². The second kappa shape index (κ2) is 19.1. The number of carboxylic acid groups (broad SMARTS) is 1. The van der Waals surface area contributed by atoms with Crippen molar-refractivity contribution >= 4 is 35.0 Å². The summed E-state index contributed by atoms with van der Waals surface area (Å²) in [5, 5.41) is 40.5. The van der Waals surface area contributed by atoms with Crippen LogP contribution in [-0.4, -0.2) is 62.4 Å². The molecule has 6 aromatic rings. The molecule has 2 aliphatic carbocycles. The summed E-state index contributed by atoms with van der Waals surface area (Å²) in [6.07, 6.45) is 15.1. The number of carboxylic acids is 1. The zero-order valence-electron chi connectivity index (χ0n) is 33.8. The molecule has 0 amide bonds. The zero-order valence-corrected chi connectivity index (χ0v) is 33.8. The zero-order chi connectivity index (χ0) is 43.8. The Kier molecular flexibility index (Phi) is 13.5. The number of nitrogens with zero attached hydrogens (tertiary/aromatic N) is 10. The Morgan fingerprint density at radius 1 is 0.787 bits per heavy atom. The van der Waals surface area contributed by atoms with E-state index in [9.17, 15) is 18.4 Å². The summed E-state index contributed by atoms with van der Waals surface area (Å²) in [5.41, 5.74) is 9.80. The fraction of sp³-hybridized carbons (Fsp3) is 0.302. The van der Waals surface area contributed by atoms with Gasteiger partial charge in [0.2, 0.25) is 11.9 Å². The molecule has 2 fully saturated rings. The molecule has 4 aromatic heterocycles. The van der Waals surface area contributed by atoms with Gasteiger partial charge in [0, 0.05) is 42.3 Å². The molecule has 0 spiro atoms. The number of halogens is 2. The predicted octanol–water partition coefficient (Wildman–Crippen LogP) is 8.02. The number of benzene rings is 2. The lowest BCUT2D eigenvalue weighted by molar-refractivity contribution is 0.0691. The first-order valence-corrected chi connectivity index (χ1v) is 19.4. The Hall–Kier alpha value is -7.44. The average Bonchev–Trinajstić information content (AvgIpc) is 4.18. The Labute approximate surface area is 350 Å². The van der Waals surface area contributed by atoms with Crippen molar-refractivity contribution in [3.05, 3.63) is 107 Å². The average molecular weight is 828 g/mol. The third-order valence-electron chi connectivity index (χ3n) is 9.43. The van der Waals surface area contributed by atoms with E-state index in [1.807, 2.05) is 41.7 Å².